The van der Waals surface area contributed by atoms with Crippen molar-refractivity contribution in [3.05, 3.63) is 64.6 Å². The van der Waals surface area contributed by atoms with Crippen LogP contribution in [0.5, 0.6) is 5.88 Å². The molecule has 3 N–H and O–H groups in total. The Hall–Kier alpha value is -3.15. The number of primary amides is 1. The average molecular weight is 365 g/mol. The van der Waals surface area contributed by atoms with E-state index in [4.69, 9.17) is 5.73 Å². The highest BCUT2D eigenvalue weighted by Crippen LogP contribution is 2.32. The molecular formula is C21H23N3O3. The quantitative estimate of drug-likeness (QED) is 0.497. The van der Waals surface area contributed by atoms with Crippen molar-refractivity contribution in [2.75, 3.05) is 0 Å². The minimum atomic E-state index is -1.03. The second-order valence-corrected chi connectivity index (χ2v) is 6.65. The summed E-state index contributed by atoms with van der Waals surface area (Å²) in [5.41, 5.74) is 9.18. The lowest BCUT2D eigenvalue weighted by Gasteiger charge is -2.08. The van der Waals surface area contributed by atoms with Gasteiger partial charge in [-0.2, -0.15) is 0 Å². The number of ketones is 1. The molecule has 0 unspecified atom stereocenters. The van der Waals surface area contributed by atoms with Crippen molar-refractivity contribution in [3.8, 4) is 5.88 Å². The highest BCUT2D eigenvalue weighted by atomic mass is 16.3. The summed E-state index contributed by atoms with van der Waals surface area (Å²) in [6.45, 7) is 3.78. The molecule has 0 saturated carbocycles. The zero-order valence-corrected chi connectivity index (χ0v) is 15.5. The first-order chi connectivity index (χ1) is 12.9. The van der Waals surface area contributed by atoms with Gasteiger partial charge in [0.2, 0.25) is 5.88 Å². The van der Waals surface area contributed by atoms with Crippen LogP contribution in [0.2, 0.25) is 0 Å². The van der Waals surface area contributed by atoms with E-state index in [1.807, 2.05) is 25.1 Å². The lowest BCUT2D eigenvalue weighted by molar-refractivity contribution is -0.114. The summed E-state index contributed by atoms with van der Waals surface area (Å²) in [6, 6.07) is 10.0. The smallest absolute Gasteiger partial charge is 0.289 e. The monoisotopic (exact) mass is 365 g/mol. The Morgan fingerprint density at radius 2 is 1.85 bits per heavy atom. The second-order valence-electron chi connectivity index (χ2n) is 6.65. The van der Waals surface area contributed by atoms with E-state index in [1.165, 1.54) is 5.56 Å². The van der Waals surface area contributed by atoms with Gasteiger partial charge in [-0.05, 0) is 37.3 Å². The van der Waals surface area contributed by atoms with Gasteiger partial charge >= 0.3 is 0 Å². The van der Waals surface area contributed by atoms with E-state index < -0.39 is 11.7 Å². The first-order valence-electron chi connectivity index (χ1n) is 9.04. The van der Waals surface area contributed by atoms with Crippen LogP contribution in [0.1, 0.15) is 46.2 Å². The fourth-order valence-electron chi connectivity index (χ4n) is 3.55. The third-order valence-electron chi connectivity index (χ3n) is 4.67. The molecule has 140 valence electrons. The van der Waals surface area contributed by atoms with Crippen LogP contribution in [0.25, 0.3) is 5.52 Å². The molecule has 6 nitrogen and oxygen atoms in total. The van der Waals surface area contributed by atoms with Crippen LogP contribution in [0, 0.1) is 6.92 Å². The Labute approximate surface area is 157 Å². The first kappa shape index (κ1) is 18.6. The van der Waals surface area contributed by atoms with E-state index in [9.17, 15) is 14.7 Å². The maximum Gasteiger partial charge on any atom is 0.289 e. The Kier molecular flexibility index (Phi) is 5.26. The largest absolute Gasteiger partial charge is 0.492 e. The maximum atomic E-state index is 12.6. The van der Waals surface area contributed by atoms with Gasteiger partial charge in [0, 0.05) is 11.9 Å². The fourth-order valence-corrected chi connectivity index (χ4v) is 3.55. The molecule has 0 saturated heterocycles. The number of carbonyl (C=O) groups excluding carboxylic acids is 2. The van der Waals surface area contributed by atoms with Gasteiger partial charge in [-0.15, -0.1) is 0 Å². The van der Waals surface area contributed by atoms with Crippen molar-refractivity contribution in [2.45, 2.75) is 39.5 Å². The van der Waals surface area contributed by atoms with Crippen molar-refractivity contribution in [3.63, 3.8) is 0 Å². The summed E-state index contributed by atoms with van der Waals surface area (Å²) in [5.74, 6) is -2.08. The van der Waals surface area contributed by atoms with Crippen molar-refractivity contribution < 1.29 is 14.7 Å². The molecule has 0 atom stereocenters. The van der Waals surface area contributed by atoms with Gasteiger partial charge in [0.05, 0.1) is 11.3 Å². The molecule has 0 aliphatic carbocycles. The number of nitrogens with zero attached hydrogens (tertiary/aromatic N) is 2. The van der Waals surface area contributed by atoms with E-state index in [1.54, 1.807) is 17.5 Å². The third kappa shape index (κ3) is 3.56. The van der Waals surface area contributed by atoms with Crippen LogP contribution in [-0.2, 0) is 24.1 Å². The number of rotatable bonds is 7. The summed E-state index contributed by atoms with van der Waals surface area (Å²) in [7, 11) is 0. The summed E-state index contributed by atoms with van der Waals surface area (Å²) in [6.07, 6.45) is 4.62. The number of aromatic nitrogens is 2. The number of nitrogens with two attached hydrogens (primary N) is 1. The minimum absolute atomic E-state index is 0.178. The summed E-state index contributed by atoms with van der Waals surface area (Å²) >= 11 is 0. The topological polar surface area (TPSA) is 97.7 Å². The van der Waals surface area contributed by atoms with E-state index in [0.717, 1.165) is 24.1 Å². The minimum Gasteiger partial charge on any atom is -0.492 e. The number of aryl methyl sites for hydroxylation is 3. The lowest BCUT2D eigenvalue weighted by Crippen LogP contribution is -2.24. The highest BCUT2D eigenvalue weighted by Gasteiger charge is 2.28. The number of Topliss-reactive ketones (excluding diaryl/α,β-unsaturated/α-hetero) is 1. The Morgan fingerprint density at radius 3 is 2.48 bits per heavy atom. The third-order valence-corrected chi connectivity index (χ3v) is 4.67. The van der Waals surface area contributed by atoms with E-state index in [2.05, 4.69) is 17.1 Å². The number of aromatic hydroxyl groups is 1. The molecule has 1 amide bonds. The van der Waals surface area contributed by atoms with Gasteiger partial charge in [-0.3, -0.25) is 9.59 Å². The molecule has 1 aromatic carbocycles. The summed E-state index contributed by atoms with van der Waals surface area (Å²) in [4.78, 5) is 28.2. The molecule has 2 heterocycles. The van der Waals surface area contributed by atoms with Crippen LogP contribution in [0.3, 0.4) is 0 Å². The standard InChI is InChI=1S/C21H23N3O3/c1-3-7-15-16(11-10-14-8-5-4-6-9-14)24-12-13(2)23-21(27)18(24)17(15)19(25)20(22)26/h4-6,8-9,12H,3,7,10-11H2,1-2H3,(H2,22,26)(H,23,27). The molecular weight excluding hydrogens is 342 g/mol. The van der Waals surface area contributed by atoms with Gasteiger partial charge in [-0.25, -0.2) is 4.98 Å². The molecule has 0 aliphatic heterocycles. The van der Waals surface area contributed by atoms with Gasteiger partial charge in [-0.1, -0.05) is 43.7 Å². The molecule has 27 heavy (non-hydrogen) atoms. The van der Waals surface area contributed by atoms with Crippen molar-refractivity contribution in [1.29, 1.82) is 0 Å². The molecule has 3 aromatic rings. The first-order valence-corrected chi connectivity index (χ1v) is 9.04. The van der Waals surface area contributed by atoms with Gasteiger partial charge in [0.25, 0.3) is 11.7 Å². The van der Waals surface area contributed by atoms with Crippen LogP contribution >= 0.6 is 0 Å². The Balaban J connectivity index is 2.22. The van der Waals surface area contributed by atoms with Crippen LogP contribution < -0.4 is 5.73 Å². The number of fused-ring (bicyclic) bond motifs is 1. The van der Waals surface area contributed by atoms with Crippen molar-refractivity contribution in [2.24, 2.45) is 5.73 Å². The molecule has 0 fully saturated rings. The van der Waals surface area contributed by atoms with E-state index >= 15 is 0 Å². The van der Waals surface area contributed by atoms with E-state index in [0.29, 0.717) is 18.5 Å². The number of benzene rings is 1. The highest BCUT2D eigenvalue weighted by molar-refractivity contribution is 6.44. The van der Waals surface area contributed by atoms with Crippen LogP contribution in [0.15, 0.2) is 36.5 Å². The molecule has 2 aromatic heterocycles. The fraction of sp³-hybridized carbons (Fsp3) is 0.286. The average Bonchev–Trinajstić information content (AvgIpc) is 2.94. The van der Waals surface area contributed by atoms with Gasteiger partial charge < -0.3 is 15.2 Å². The molecule has 0 bridgehead atoms. The predicted octanol–water partition coefficient (Wildman–Crippen LogP) is 2.75. The molecule has 6 heteroatoms. The normalized spacial score (nSPS) is 11.0. The van der Waals surface area contributed by atoms with Crippen molar-refractivity contribution >= 4 is 17.2 Å². The molecule has 0 radical (unpaired) electrons. The Morgan fingerprint density at radius 1 is 1.15 bits per heavy atom. The van der Waals surface area contributed by atoms with Crippen LogP contribution in [0.4, 0.5) is 0 Å². The number of amides is 1. The maximum absolute atomic E-state index is 12.6. The number of hydrogen-bond donors (Lipinski definition) is 2. The second kappa shape index (κ2) is 7.61. The predicted molar refractivity (Wildman–Crippen MR) is 103 cm³/mol. The van der Waals surface area contributed by atoms with Crippen molar-refractivity contribution in [1.82, 2.24) is 9.38 Å². The molecule has 0 aliphatic rings. The molecule has 3 rings (SSSR count). The van der Waals surface area contributed by atoms with E-state index in [-0.39, 0.29) is 17.0 Å². The summed E-state index contributed by atoms with van der Waals surface area (Å²) < 4.78 is 1.79. The lowest BCUT2D eigenvalue weighted by atomic mass is 9.98. The summed E-state index contributed by atoms with van der Waals surface area (Å²) in [5, 5.41) is 10.4. The van der Waals surface area contributed by atoms with Crippen LogP contribution in [-0.4, -0.2) is 26.2 Å². The van der Waals surface area contributed by atoms with Gasteiger partial charge in [0.1, 0.15) is 5.52 Å². The SMILES string of the molecule is CCCc1c(C(=O)C(N)=O)c2c(O)nc(C)cn2c1CCc1ccccc1. The Bertz CT molecular complexity index is 1010. The number of carbonyl (C=O) groups is 2. The number of hydrogen-bond acceptors (Lipinski definition) is 4. The zero-order chi connectivity index (χ0) is 19.6. The van der Waals surface area contributed by atoms with Gasteiger partial charge in [0.15, 0.2) is 0 Å². The molecule has 0 spiro atoms. The zero-order valence-electron chi connectivity index (χ0n) is 15.5.